The number of aryl methyl sites for hydroxylation is 1. The third-order valence-corrected chi connectivity index (χ3v) is 2.90. The first kappa shape index (κ1) is 12.0. The molecule has 1 aromatic heterocycles. The Morgan fingerprint density at radius 1 is 1.29 bits per heavy atom. The van der Waals surface area contributed by atoms with Gasteiger partial charge in [0.25, 0.3) is 5.92 Å². The van der Waals surface area contributed by atoms with E-state index in [4.69, 9.17) is 0 Å². The number of anilines is 2. The number of alkyl halides is 2. The molecule has 2 rings (SSSR count). The van der Waals surface area contributed by atoms with Gasteiger partial charge < -0.3 is 10.2 Å². The van der Waals surface area contributed by atoms with Crippen molar-refractivity contribution in [2.24, 2.45) is 0 Å². The van der Waals surface area contributed by atoms with E-state index in [0.717, 1.165) is 5.82 Å². The highest BCUT2D eigenvalue weighted by Crippen LogP contribution is 2.30. The van der Waals surface area contributed by atoms with Gasteiger partial charge in [0.15, 0.2) is 0 Å². The Hall–Kier alpha value is -1.46. The second-order valence-electron chi connectivity index (χ2n) is 4.25. The topological polar surface area (TPSA) is 41.0 Å². The average Bonchev–Trinajstić information content (AvgIpc) is 2.28. The van der Waals surface area contributed by atoms with Crippen LogP contribution in [0.3, 0.4) is 0 Å². The van der Waals surface area contributed by atoms with Crippen LogP contribution in [0.25, 0.3) is 0 Å². The molecule has 0 amide bonds. The highest BCUT2D eigenvalue weighted by molar-refractivity contribution is 5.49. The number of hydrogen-bond acceptors (Lipinski definition) is 4. The van der Waals surface area contributed by atoms with E-state index in [2.05, 4.69) is 15.3 Å². The molecular formula is C11H16F2N4. The third-order valence-electron chi connectivity index (χ3n) is 2.90. The SMILES string of the molecule is CNc1cc(N2CCC(F)(F)CC2)nc(C)n1. The molecular weight excluding hydrogens is 226 g/mol. The zero-order valence-electron chi connectivity index (χ0n) is 10.0. The molecule has 2 heterocycles. The first-order chi connectivity index (χ1) is 8.00. The van der Waals surface area contributed by atoms with E-state index in [0.29, 0.717) is 24.7 Å². The van der Waals surface area contributed by atoms with Crippen LogP contribution in [0.1, 0.15) is 18.7 Å². The fourth-order valence-corrected chi connectivity index (χ4v) is 1.90. The number of nitrogens with one attached hydrogen (secondary N) is 1. The molecule has 0 radical (unpaired) electrons. The van der Waals surface area contributed by atoms with E-state index in [1.165, 1.54) is 0 Å². The Labute approximate surface area is 99.1 Å². The van der Waals surface area contributed by atoms with Gasteiger partial charge in [-0.3, -0.25) is 0 Å². The Morgan fingerprint density at radius 3 is 2.53 bits per heavy atom. The van der Waals surface area contributed by atoms with E-state index in [-0.39, 0.29) is 12.8 Å². The number of piperidine rings is 1. The minimum atomic E-state index is -2.52. The van der Waals surface area contributed by atoms with E-state index in [9.17, 15) is 8.78 Å². The van der Waals surface area contributed by atoms with Crippen molar-refractivity contribution in [3.63, 3.8) is 0 Å². The first-order valence-electron chi connectivity index (χ1n) is 5.66. The summed E-state index contributed by atoms with van der Waals surface area (Å²) < 4.78 is 26.1. The minimum absolute atomic E-state index is 0.106. The van der Waals surface area contributed by atoms with Gasteiger partial charge in [-0.15, -0.1) is 0 Å². The van der Waals surface area contributed by atoms with E-state index in [1.54, 1.807) is 20.0 Å². The highest BCUT2D eigenvalue weighted by Gasteiger charge is 2.34. The molecule has 4 nitrogen and oxygen atoms in total. The zero-order valence-corrected chi connectivity index (χ0v) is 10.0. The Morgan fingerprint density at radius 2 is 1.94 bits per heavy atom. The van der Waals surface area contributed by atoms with Crippen LogP contribution in [-0.2, 0) is 0 Å². The van der Waals surface area contributed by atoms with Crippen LogP contribution < -0.4 is 10.2 Å². The zero-order chi connectivity index (χ0) is 12.5. The Balaban J connectivity index is 2.15. The maximum Gasteiger partial charge on any atom is 0.251 e. The molecule has 1 saturated heterocycles. The number of aromatic nitrogens is 2. The fourth-order valence-electron chi connectivity index (χ4n) is 1.90. The Kier molecular flexibility index (Phi) is 3.13. The molecule has 1 aliphatic heterocycles. The predicted molar refractivity (Wildman–Crippen MR) is 62.7 cm³/mol. The van der Waals surface area contributed by atoms with Crippen molar-refractivity contribution in [1.82, 2.24) is 9.97 Å². The number of halogens is 2. The maximum atomic E-state index is 13.0. The molecule has 1 fully saturated rings. The molecule has 0 atom stereocenters. The monoisotopic (exact) mass is 242 g/mol. The lowest BCUT2D eigenvalue weighted by molar-refractivity contribution is -0.0221. The summed E-state index contributed by atoms with van der Waals surface area (Å²) in [4.78, 5) is 10.3. The van der Waals surface area contributed by atoms with Crippen LogP contribution >= 0.6 is 0 Å². The van der Waals surface area contributed by atoms with Crippen LogP contribution in [-0.4, -0.2) is 36.0 Å². The molecule has 6 heteroatoms. The van der Waals surface area contributed by atoms with Crippen molar-refractivity contribution in [3.05, 3.63) is 11.9 Å². The predicted octanol–water partition coefficient (Wildman–Crippen LogP) is 2.06. The van der Waals surface area contributed by atoms with Gasteiger partial charge in [-0.25, -0.2) is 18.7 Å². The van der Waals surface area contributed by atoms with Gasteiger partial charge in [0.2, 0.25) is 0 Å². The highest BCUT2D eigenvalue weighted by atomic mass is 19.3. The molecule has 1 aliphatic rings. The molecule has 0 spiro atoms. The normalized spacial score (nSPS) is 19.2. The minimum Gasteiger partial charge on any atom is -0.373 e. The lowest BCUT2D eigenvalue weighted by Gasteiger charge is -2.32. The van der Waals surface area contributed by atoms with Crippen molar-refractivity contribution in [3.8, 4) is 0 Å². The number of nitrogens with zero attached hydrogens (tertiary/aromatic N) is 3. The second kappa shape index (κ2) is 4.43. The summed E-state index contributed by atoms with van der Waals surface area (Å²) in [6.45, 7) is 2.47. The Bertz CT molecular complexity index is 398. The van der Waals surface area contributed by atoms with Crippen LogP contribution in [0, 0.1) is 6.92 Å². The summed E-state index contributed by atoms with van der Waals surface area (Å²) in [7, 11) is 1.77. The van der Waals surface area contributed by atoms with Gasteiger partial charge in [-0.05, 0) is 6.92 Å². The third kappa shape index (κ3) is 2.81. The van der Waals surface area contributed by atoms with Crippen LogP contribution in [0.2, 0.25) is 0 Å². The molecule has 1 N–H and O–H groups in total. The molecule has 0 saturated carbocycles. The molecule has 1 aromatic rings. The average molecular weight is 242 g/mol. The van der Waals surface area contributed by atoms with Crippen LogP contribution in [0.5, 0.6) is 0 Å². The smallest absolute Gasteiger partial charge is 0.251 e. The quantitative estimate of drug-likeness (QED) is 0.862. The van der Waals surface area contributed by atoms with Crippen molar-refractivity contribution in [1.29, 1.82) is 0 Å². The van der Waals surface area contributed by atoms with E-state index >= 15 is 0 Å². The van der Waals surface area contributed by atoms with Crippen LogP contribution in [0.4, 0.5) is 20.4 Å². The van der Waals surface area contributed by atoms with Gasteiger partial charge in [-0.1, -0.05) is 0 Å². The fraction of sp³-hybridized carbons (Fsp3) is 0.636. The molecule has 0 aliphatic carbocycles. The standard InChI is InChI=1S/C11H16F2N4/c1-8-15-9(14-2)7-10(16-8)17-5-3-11(12,13)4-6-17/h7H,3-6H2,1-2H3,(H,14,15,16). The molecule has 94 valence electrons. The van der Waals surface area contributed by atoms with Gasteiger partial charge in [-0.2, -0.15) is 0 Å². The van der Waals surface area contributed by atoms with Crippen LogP contribution in [0.15, 0.2) is 6.07 Å². The van der Waals surface area contributed by atoms with Gasteiger partial charge >= 0.3 is 0 Å². The van der Waals surface area contributed by atoms with Crippen molar-refractivity contribution >= 4 is 11.6 Å². The van der Waals surface area contributed by atoms with Gasteiger partial charge in [0, 0.05) is 39.0 Å². The number of rotatable bonds is 2. The summed E-state index contributed by atoms with van der Waals surface area (Å²) >= 11 is 0. The molecule has 17 heavy (non-hydrogen) atoms. The summed E-state index contributed by atoms with van der Waals surface area (Å²) in [6.07, 6.45) is -0.212. The molecule has 0 unspecified atom stereocenters. The lowest BCUT2D eigenvalue weighted by atomic mass is 10.1. The largest absolute Gasteiger partial charge is 0.373 e. The van der Waals surface area contributed by atoms with Crippen molar-refractivity contribution in [2.45, 2.75) is 25.7 Å². The van der Waals surface area contributed by atoms with E-state index < -0.39 is 5.92 Å². The first-order valence-corrected chi connectivity index (χ1v) is 5.66. The lowest BCUT2D eigenvalue weighted by Crippen LogP contribution is -2.39. The van der Waals surface area contributed by atoms with E-state index in [1.807, 2.05) is 4.90 Å². The summed E-state index contributed by atoms with van der Waals surface area (Å²) in [5.41, 5.74) is 0. The summed E-state index contributed by atoms with van der Waals surface area (Å²) in [5, 5.41) is 2.94. The number of hydrogen-bond donors (Lipinski definition) is 1. The summed E-state index contributed by atoms with van der Waals surface area (Å²) in [5.74, 6) is -0.448. The van der Waals surface area contributed by atoms with Gasteiger partial charge in [0.1, 0.15) is 17.5 Å². The van der Waals surface area contributed by atoms with Gasteiger partial charge in [0.05, 0.1) is 0 Å². The summed E-state index contributed by atoms with van der Waals surface area (Å²) in [6, 6.07) is 1.79. The van der Waals surface area contributed by atoms with Crippen molar-refractivity contribution < 1.29 is 8.78 Å². The maximum absolute atomic E-state index is 13.0. The molecule has 0 aromatic carbocycles. The molecule has 0 bridgehead atoms. The second-order valence-corrected chi connectivity index (χ2v) is 4.25. The van der Waals surface area contributed by atoms with Crippen molar-refractivity contribution in [2.75, 3.05) is 30.4 Å².